The lowest BCUT2D eigenvalue weighted by molar-refractivity contribution is -0.0417. The number of likely N-dealkylation sites (tertiary alicyclic amines) is 1. The van der Waals surface area contributed by atoms with Gasteiger partial charge in [0.25, 0.3) is 0 Å². The molecule has 1 saturated heterocycles. The van der Waals surface area contributed by atoms with Gasteiger partial charge in [-0.3, -0.25) is 4.90 Å². The van der Waals surface area contributed by atoms with Crippen LogP contribution >= 0.6 is 0 Å². The maximum absolute atomic E-state index is 9.26. The molecule has 0 radical (unpaired) electrons. The minimum atomic E-state index is -0.150. The van der Waals surface area contributed by atoms with Crippen molar-refractivity contribution in [2.75, 3.05) is 33.9 Å². The topological polar surface area (TPSA) is 44.7 Å². The third-order valence-corrected chi connectivity index (χ3v) is 2.72. The molecule has 1 rings (SSSR count). The van der Waals surface area contributed by atoms with Crippen molar-refractivity contribution in [2.45, 2.75) is 18.4 Å². The summed E-state index contributed by atoms with van der Waals surface area (Å²) in [5.74, 6) is 0. The average Bonchev–Trinajstić information content (AvgIpc) is 2.45. The van der Waals surface area contributed by atoms with Crippen LogP contribution in [0.3, 0.4) is 0 Å². The van der Waals surface area contributed by atoms with E-state index in [2.05, 4.69) is 10.4 Å². The molecule has 0 bridgehead atoms. The Morgan fingerprint density at radius 2 is 2.42 bits per heavy atom. The molecule has 1 aliphatic rings. The van der Waals surface area contributed by atoms with E-state index in [4.69, 9.17) is 4.84 Å². The lowest BCUT2D eigenvalue weighted by atomic mass is 9.99. The van der Waals surface area contributed by atoms with Crippen LogP contribution in [0.25, 0.3) is 0 Å². The lowest BCUT2D eigenvalue weighted by Crippen LogP contribution is -2.49. The molecule has 0 aromatic rings. The Morgan fingerprint density at radius 3 is 2.83 bits per heavy atom. The second-order valence-electron chi connectivity index (χ2n) is 3.40. The Labute approximate surface area is 73.5 Å². The third-order valence-electron chi connectivity index (χ3n) is 2.72. The van der Waals surface area contributed by atoms with E-state index in [1.54, 1.807) is 7.05 Å². The zero-order chi connectivity index (χ0) is 9.03. The monoisotopic (exact) mass is 174 g/mol. The van der Waals surface area contributed by atoms with Crippen molar-refractivity contribution >= 4 is 0 Å². The first-order valence-corrected chi connectivity index (χ1v) is 4.36. The molecule has 0 aromatic heterocycles. The van der Waals surface area contributed by atoms with Crippen LogP contribution in [0.1, 0.15) is 12.8 Å². The molecule has 1 aliphatic heterocycles. The van der Waals surface area contributed by atoms with Crippen LogP contribution in [0, 0.1) is 0 Å². The highest BCUT2D eigenvalue weighted by Crippen LogP contribution is 2.27. The van der Waals surface area contributed by atoms with Crippen LogP contribution in [0.2, 0.25) is 0 Å². The number of aliphatic hydroxyl groups excluding tert-OH is 1. The Kier molecular flexibility index (Phi) is 3.46. The molecule has 4 nitrogen and oxygen atoms in total. The summed E-state index contributed by atoms with van der Waals surface area (Å²) in [5, 5.41) is 9.26. The van der Waals surface area contributed by atoms with E-state index in [9.17, 15) is 5.11 Å². The van der Waals surface area contributed by atoms with Crippen LogP contribution in [-0.2, 0) is 4.84 Å². The van der Waals surface area contributed by atoms with Crippen molar-refractivity contribution in [1.82, 2.24) is 10.4 Å². The highest BCUT2D eigenvalue weighted by atomic mass is 16.6. The number of nitrogens with zero attached hydrogens (tertiary/aromatic N) is 1. The first-order valence-electron chi connectivity index (χ1n) is 4.36. The Hall–Kier alpha value is -0.160. The average molecular weight is 174 g/mol. The fraction of sp³-hybridized carbons (Fsp3) is 1.00. The summed E-state index contributed by atoms with van der Waals surface area (Å²) in [6.45, 7) is 1.77. The van der Waals surface area contributed by atoms with Crippen molar-refractivity contribution in [3.05, 3.63) is 0 Å². The summed E-state index contributed by atoms with van der Waals surface area (Å²) in [6.07, 6.45) is 2.16. The molecule has 4 heteroatoms. The molecule has 12 heavy (non-hydrogen) atoms. The summed E-state index contributed by atoms with van der Waals surface area (Å²) in [6, 6.07) is 0. The van der Waals surface area contributed by atoms with E-state index in [1.807, 2.05) is 7.05 Å². The van der Waals surface area contributed by atoms with E-state index in [0.29, 0.717) is 6.61 Å². The van der Waals surface area contributed by atoms with Gasteiger partial charge in [0, 0.05) is 7.05 Å². The van der Waals surface area contributed by atoms with Gasteiger partial charge in [0.2, 0.25) is 0 Å². The van der Waals surface area contributed by atoms with E-state index >= 15 is 0 Å². The molecule has 1 fully saturated rings. The highest BCUT2D eigenvalue weighted by molar-refractivity contribution is 4.93. The van der Waals surface area contributed by atoms with E-state index in [1.165, 1.54) is 0 Å². The van der Waals surface area contributed by atoms with E-state index in [-0.39, 0.29) is 12.1 Å². The number of hydrogen-bond donors (Lipinski definition) is 2. The molecule has 1 heterocycles. The minimum absolute atomic E-state index is 0.150. The number of hydrogen-bond acceptors (Lipinski definition) is 4. The van der Waals surface area contributed by atoms with Gasteiger partial charge in [0.15, 0.2) is 0 Å². The van der Waals surface area contributed by atoms with E-state index in [0.717, 1.165) is 19.4 Å². The molecule has 1 unspecified atom stereocenters. The minimum Gasteiger partial charge on any atom is -0.394 e. The molecular weight excluding hydrogens is 156 g/mol. The van der Waals surface area contributed by atoms with Crippen molar-refractivity contribution in [3.63, 3.8) is 0 Å². The van der Waals surface area contributed by atoms with Gasteiger partial charge in [0.1, 0.15) is 0 Å². The largest absolute Gasteiger partial charge is 0.394 e. The van der Waals surface area contributed by atoms with Crippen LogP contribution in [0.5, 0.6) is 0 Å². The van der Waals surface area contributed by atoms with Crippen molar-refractivity contribution in [3.8, 4) is 0 Å². The maximum Gasteiger partial charge on any atom is 0.0888 e. The van der Waals surface area contributed by atoms with Gasteiger partial charge in [-0.05, 0) is 26.4 Å². The summed E-state index contributed by atoms with van der Waals surface area (Å²) in [4.78, 5) is 7.30. The van der Waals surface area contributed by atoms with Crippen molar-refractivity contribution < 1.29 is 9.94 Å². The summed E-state index contributed by atoms with van der Waals surface area (Å²) < 4.78 is 0. The van der Waals surface area contributed by atoms with Gasteiger partial charge in [-0.25, -0.2) is 5.48 Å². The van der Waals surface area contributed by atoms with Crippen LogP contribution in [0.15, 0.2) is 0 Å². The van der Waals surface area contributed by atoms with Gasteiger partial charge < -0.3 is 9.94 Å². The normalized spacial score (nSPS) is 31.2. The molecule has 0 aromatic carbocycles. The predicted molar refractivity (Wildman–Crippen MR) is 46.7 cm³/mol. The molecule has 72 valence electrons. The summed E-state index contributed by atoms with van der Waals surface area (Å²) in [5.41, 5.74) is 2.49. The van der Waals surface area contributed by atoms with E-state index < -0.39 is 0 Å². The SMILES string of the molecule is CNOCC1(CO)CCCN1C. The maximum atomic E-state index is 9.26. The van der Waals surface area contributed by atoms with Crippen molar-refractivity contribution in [1.29, 1.82) is 0 Å². The Bertz CT molecular complexity index is 143. The number of hydroxylamine groups is 1. The fourth-order valence-corrected chi connectivity index (χ4v) is 1.71. The van der Waals surface area contributed by atoms with Crippen LogP contribution in [0.4, 0.5) is 0 Å². The zero-order valence-corrected chi connectivity index (χ0v) is 7.84. The highest BCUT2D eigenvalue weighted by Gasteiger charge is 2.38. The molecule has 0 saturated carbocycles. The first-order chi connectivity index (χ1) is 5.75. The Morgan fingerprint density at radius 1 is 1.67 bits per heavy atom. The lowest BCUT2D eigenvalue weighted by Gasteiger charge is -2.33. The number of aliphatic hydroxyl groups is 1. The summed E-state index contributed by atoms with van der Waals surface area (Å²) in [7, 11) is 3.77. The van der Waals surface area contributed by atoms with Gasteiger partial charge in [0.05, 0.1) is 18.8 Å². The molecule has 0 amide bonds. The zero-order valence-electron chi connectivity index (χ0n) is 7.84. The van der Waals surface area contributed by atoms with Gasteiger partial charge in [-0.15, -0.1) is 0 Å². The van der Waals surface area contributed by atoms with Gasteiger partial charge in [-0.1, -0.05) is 0 Å². The molecule has 0 aliphatic carbocycles. The number of likely N-dealkylation sites (N-methyl/N-ethyl adjacent to an activating group) is 1. The second-order valence-corrected chi connectivity index (χ2v) is 3.40. The summed E-state index contributed by atoms with van der Waals surface area (Å²) >= 11 is 0. The predicted octanol–water partition coefficient (Wildman–Crippen LogP) is -0.406. The van der Waals surface area contributed by atoms with Crippen LogP contribution < -0.4 is 5.48 Å². The van der Waals surface area contributed by atoms with Crippen LogP contribution in [-0.4, -0.2) is 49.4 Å². The quantitative estimate of drug-likeness (QED) is 0.569. The number of rotatable bonds is 4. The van der Waals surface area contributed by atoms with Crippen molar-refractivity contribution in [2.24, 2.45) is 0 Å². The third kappa shape index (κ3) is 1.77. The van der Waals surface area contributed by atoms with Gasteiger partial charge >= 0.3 is 0 Å². The van der Waals surface area contributed by atoms with Gasteiger partial charge in [-0.2, -0.15) is 0 Å². The Balaban J connectivity index is 2.49. The molecular formula is C8H18N2O2. The number of nitrogens with one attached hydrogen (secondary N) is 1. The molecule has 0 spiro atoms. The fourth-order valence-electron chi connectivity index (χ4n) is 1.71. The second kappa shape index (κ2) is 4.18. The smallest absolute Gasteiger partial charge is 0.0888 e. The molecule has 1 atom stereocenters. The molecule has 2 N–H and O–H groups in total. The first kappa shape index (κ1) is 9.92. The standard InChI is InChI=1S/C8H18N2O2/c1-9-12-7-8(6-11)4-3-5-10(8)2/h9,11H,3-7H2,1-2H3.